The fourth-order valence-corrected chi connectivity index (χ4v) is 2.91. The van der Waals surface area contributed by atoms with E-state index < -0.39 is 5.91 Å². The molecule has 0 atom stereocenters. The van der Waals surface area contributed by atoms with Crippen LogP contribution in [0.3, 0.4) is 0 Å². The van der Waals surface area contributed by atoms with Gasteiger partial charge in [-0.3, -0.25) is 4.79 Å². The third-order valence-corrected chi connectivity index (χ3v) is 4.25. The molecular weight excluding hydrogens is 431 g/mol. The molecular formula is C19H17IN2O3. The van der Waals surface area contributed by atoms with Gasteiger partial charge in [-0.05, 0) is 58.9 Å². The predicted octanol–water partition coefficient (Wildman–Crippen LogP) is 3.58. The van der Waals surface area contributed by atoms with Crippen molar-refractivity contribution >= 4 is 34.6 Å². The number of aryl methyl sites for hydroxylation is 1. The Balaban J connectivity index is 2.29. The highest BCUT2D eigenvalue weighted by Crippen LogP contribution is 2.35. The molecule has 0 aliphatic rings. The van der Waals surface area contributed by atoms with E-state index in [1.807, 2.05) is 31.2 Å². The van der Waals surface area contributed by atoms with Crippen LogP contribution >= 0.6 is 22.6 Å². The Kier molecular flexibility index (Phi) is 6.42. The second-order valence-electron chi connectivity index (χ2n) is 5.34. The number of benzene rings is 2. The molecule has 5 nitrogen and oxygen atoms in total. The van der Waals surface area contributed by atoms with Gasteiger partial charge < -0.3 is 15.2 Å². The van der Waals surface area contributed by atoms with E-state index in [1.165, 1.54) is 18.7 Å². The Hall–Kier alpha value is -2.53. The predicted molar refractivity (Wildman–Crippen MR) is 104 cm³/mol. The monoisotopic (exact) mass is 448 g/mol. The quantitative estimate of drug-likeness (QED) is 0.416. The van der Waals surface area contributed by atoms with E-state index in [2.05, 4.69) is 22.6 Å². The zero-order chi connectivity index (χ0) is 18.4. The Bertz CT molecular complexity index is 852. The van der Waals surface area contributed by atoms with Gasteiger partial charge in [0, 0.05) is 0 Å². The van der Waals surface area contributed by atoms with Crippen molar-refractivity contribution in [2.45, 2.75) is 13.5 Å². The summed E-state index contributed by atoms with van der Waals surface area (Å²) in [6, 6.07) is 13.4. The van der Waals surface area contributed by atoms with E-state index in [9.17, 15) is 4.79 Å². The van der Waals surface area contributed by atoms with E-state index in [4.69, 9.17) is 20.5 Å². The van der Waals surface area contributed by atoms with Crippen LogP contribution in [-0.2, 0) is 11.4 Å². The highest BCUT2D eigenvalue weighted by Gasteiger charge is 2.13. The summed E-state index contributed by atoms with van der Waals surface area (Å²) < 4.78 is 12.1. The van der Waals surface area contributed by atoms with Crippen LogP contribution in [-0.4, -0.2) is 13.0 Å². The van der Waals surface area contributed by atoms with E-state index in [0.29, 0.717) is 23.7 Å². The van der Waals surface area contributed by atoms with Gasteiger partial charge in [-0.15, -0.1) is 0 Å². The van der Waals surface area contributed by atoms with Crippen molar-refractivity contribution in [3.63, 3.8) is 0 Å². The molecule has 2 rings (SSSR count). The van der Waals surface area contributed by atoms with Gasteiger partial charge in [0.1, 0.15) is 18.2 Å². The number of carbonyl (C=O) groups is 1. The molecule has 25 heavy (non-hydrogen) atoms. The lowest BCUT2D eigenvalue weighted by Gasteiger charge is -2.14. The first-order valence-corrected chi connectivity index (χ1v) is 8.50. The van der Waals surface area contributed by atoms with Crippen LogP contribution in [0.4, 0.5) is 0 Å². The molecule has 0 bridgehead atoms. The highest BCUT2D eigenvalue weighted by molar-refractivity contribution is 14.1. The molecule has 0 fully saturated rings. The second kappa shape index (κ2) is 8.53. The summed E-state index contributed by atoms with van der Waals surface area (Å²) in [7, 11) is 1.54. The van der Waals surface area contributed by atoms with Crippen molar-refractivity contribution in [2.75, 3.05) is 7.11 Å². The van der Waals surface area contributed by atoms with Gasteiger partial charge in [0.25, 0.3) is 5.91 Å². The van der Waals surface area contributed by atoms with Crippen molar-refractivity contribution in [3.05, 3.63) is 62.2 Å². The largest absolute Gasteiger partial charge is 0.493 e. The number of nitrogens with zero attached hydrogens (tertiary/aromatic N) is 1. The second-order valence-corrected chi connectivity index (χ2v) is 6.50. The summed E-state index contributed by atoms with van der Waals surface area (Å²) in [5, 5.41) is 8.96. The van der Waals surface area contributed by atoms with Gasteiger partial charge in [-0.2, -0.15) is 5.26 Å². The number of hydrogen-bond donors (Lipinski definition) is 1. The maximum atomic E-state index is 11.2. The fraction of sp³-hybridized carbons (Fsp3) is 0.158. The summed E-state index contributed by atoms with van der Waals surface area (Å²) in [4.78, 5) is 11.2. The smallest absolute Gasteiger partial charge is 0.259 e. The van der Waals surface area contributed by atoms with Crippen LogP contribution in [0.5, 0.6) is 11.5 Å². The van der Waals surface area contributed by atoms with Crippen molar-refractivity contribution < 1.29 is 14.3 Å². The minimum atomic E-state index is -0.767. The zero-order valence-corrected chi connectivity index (χ0v) is 16.0. The number of nitriles is 1. The van der Waals surface area contributed by atoms with Gasteiger partial charge in [-0.25, -0.2) is 0 Å². The van der Waals surface area contributed by atoms with E-state index in [0.717, 1.165) is 9.13 Å². The molecule has 0 aliphatic heterocycles. The molecule has 2 aromatic rings. The first-order chi connectivity index (χ1) is 11.9. The van der Waals surface area contributed by atoms with Crippen LogP contribution < -0.4 is 15.2 Å². The maximum Gasteiger partial charge on any atom is 0.259 e. The minimum absolute atomic E-state index is 0.119. The van der Waals surface area contributed by atoms with Gasteiger partial charge in [0.05, 0.1) is 10.7 Å². The summed E-state index contributed by atoms with van der Waals surface area (Å²) in [6.45, 7) is 2.44. The van der Waals surface area contributed by atoms with Crippen molar-refractivity contribution in [1.29, 1.82) is 5.26 Å². The summed E-state index contributed by atoms with van der Waals surface area (Å²) in [5.74, 6) is 0.363. The lowest BCUT2D eigenvalue weighted by atomic mass is 10.1. The average molecular weight is 448 g/mol. The Morgan fingerprint density at radius 2 is 2.00 bits per heavy atom. The zero-order valence-electron chi connectivity index (χ0n) is 13.9. The number of rotatable bonds is 6. The molecule has 1 amide bonds. The third-order valence-electron chi connectivity index (χ3n) is 3.45. The number of hydrogen-bond acceptors (Lipinski definition) is 4. The molecule has 2 N–H and O–H groups in total. The first-order valence-electron chi connectivity index (χ1n) is 7.42. The minimum Gasteiger partial charge on any atom is -0.493 e. The molecule has 0 heterocycles. The Morgan fingerprint density at radius 1 is 1.32 bits per heavy atom. The van der Waals surface area contributed by atoms with Gasteiger partial charge >= 0.3 is 0 Å². The average Bonchev–Trinajstić information content (AvgIpc) is 2.59. The molecule has 0 aromatic heterocycles. The molecule has 2 aromatic carbocycles. The molecule has 0 saturated heterocycles. The van der Waals surface area contributed by atoms with Crippen LogP contribution in [0.25, 0.3) is 6.08 Å². The number of primary amides is 1. The molecule has 128 valence electrons. The molecule has 6 heteroatoms. The van der Waals surface area contributed by atoms with E-state index in [-0.39, 0.29) is 5.57 Å². The van der Waals surface area contributed by atoms with Crippen LogP contribution in [0, 0.1) is 21.8 Å². The van der Waals surface area contributed by atoms with Crippen LogP contribution in [0.1, 0.15) is 16.7 Å². The number of methoxy groups -OCH3 is 1. The number of amides is 1. The summed E-state index contributed by atoms with van der Waals surface area (Å²) in [6.07, 6.45) is 1.43. The van der Waals surface area contributed by atoms with Crippen molar-refractivity contribution in [1.82, 2.24) is 0 Å². The number of carbonyl (C=O) groups excluding carboxylic acids is 1. The van der Waals surface area contributed by atoms with Crippen molar-refractivity contribution in [3.8, 4) is 17.6 Å². The highest BCUT2D eigenvalue weighted by atomic mass is 127. The molecule has 0 aliphatic carbocycles. The standard InChI is InChI=1S/C19H17IN2O3/c1-12-3-5-13(6-4-12)11-25-18-16(20)8-14(9-17(18)24-2)7-15(10-21)19(22)23/h3-9H,11H2,1-2H3,(H2,22,23). The lowest BCUT2D eigenvalue weighted by Crippen LogP contribution is -2.12. The van der Waals surface area contributed by atoms with Crippen LogP contribution in [0.2, 0.25) is 0 Å². The van der Waals surface area contributed by atoms with Crippen molar-refractivity contribution in [2.24, 2.45) is 5.73 Å². The molecule has 0 unspecified atom stereocenters. The molecule has 0 saturated carbocycles. The molecule has 0 spiro atoms. The fourth-order valence-electron chi connectivity index (χ4n) is 2.13. The van der Waals surface area contributed by atoms with Gasteiger partial charge in [0.15, 0.2) is 11.5 Å². The number of nitrogens with two attached hydrogens (primary N) is 1. The normalized spacial score (nSPS) is 10.9. The van der Waals surface area contributed by atoms with Crippen LogP contribution in [0.15, 0.2) is 42.0 Å². The number of halogens is 1. The van der Waals surface area contributed by atoms with E-state index >= 15 is 0 Å². The Morgan fingerprint density at radius 3 is 2.56 bits per heavy atom. The van der Waals surface area contributed by atoms with Gasteiger partial charge in [0.2, 0.25) is 0 Å². The lowest BCUT2D eigenvalue weighted by molar-refractivity contribution is -0.114. The summed E-state index contributed by atoms with van der Waals surface area (Å²) >= 11 is 2.13. The maximum absolute atomic E-state index is 11.2. The summed E-state index contributed by atoms with van der Waals surface area (Å²) in [5.41, 5.74) is 7.93. The van der Waals surface area contributed by atoms with E-state index in [1.54, 1.807) is 18.2 Å². The molecule has 0 radical (unpaired) electrons. The van der Waals surface area contributed by atoms with Gasteiger partial charge in [-0.1, -0.05) is 29.8 Å². The third kappa shape index (κ3) is 4.97. The SMILES string of the molecule is COc1cc(C=C(C#N)C(N)=O)cc(I)c1OCc1ccc(C)cc1. The Labute approximate surface area is 160 Å². The first kappa shape index (κ1) is 18.8. The number of ether oxygens (including phenoxy) is 2. The topological polar surface area (TPSA) is 85.3 Å².